The molecular formula is C21H25N3O. The van der Waals surface area contributed by atoms with Crippen LogP contribution in [0.5, 0.6) is 0 Å². The molecule has 2 N–H and O–H groups in total. The Bertz CT molecular complexity index is 764. The predicted molar refractivity (Wildman–Crippen MR) is 97.1 cm³/mol. The van der Waals surface area contributed by atoms with Crippen LogP contribution in [0.2, 0.25) is 0 Å². The first-order chi connectivity index (χ1) is 12.2. The van der Waals surface area contributed by atoms with Crippen LogP contribution in [-0.2, 0) is 0 Å². The Hall–Kier alpha value is -2.10. The average Bonchev–Trinajstić information content (AvgIpc) is 3.08. The third-order valence-corrected chi connectivity index (χ3v) is 6.69. The van der Waals surface area contributed by atoms with Gasteiger partial charge in [-0.2, -0.15) is 5.10 Å². The number of carbonyl (C=O) groups is 1. The summed E-state index contributed by atoms with van der Waals surface area (Å²) in [6.07, 6.45) is 6.70. The normalized spacial score (nSPS) is 32.8. The van der Waals surface area contributed by atoms with Gasteiger partial charge < -0.3 is 5.32 Å². The fraction of sp³-hybridized carbons (Fsp3) is 0.524. The van der Waals surface area contributed by atoms with Crippen LogP contribution < -0.4 is 5.32 Å². The number of nitrogens with zero attached hydrogens (tertiary/aromatic N) is 1. The first-order valence-corrected chi connectivity index (χ1v) is 9.59. The molecule has 0 spiro atoms. The summed E-state index contributed by atoms with van der Waals surface area (Å²) in [4.78, 5) is 12.8. The van der Waals surface area contributed by atoms with E-state index in [4.69, 9.17) is 0 Å². The molecule has 4 fully saturated rings. The zero-order chi connectivity index (χ0) is 17.0. The lowest BCUT2D eigenvalue weighted by Gasteiger charge is -2.54. The highest BCUT2D eigenvalue weighted by atomic mass is 16.2. The molecule has 4 heteroatoms. The van der Waals surface area contributed by atoms with E-state index in [1.54, 1.807) is 0 Å². The van der Waals surface area contributed by atoms with Crippen LogP contribution in [0, 0.1) is 30.6 Å². The van der Waals surface area contributed by atoms with Gasteiger partial charge in [0.15, 0.2) is 0 Å². The second-order valence-corrected chi connectivity index (χ2v) is 8.46. The molecule has 0 saturated heterocycles. The van der Waals surface area contributed by atoms with Crippen LogP contribution in [0.4, 0.5) is 0 Å². The van der Waals surface area contributed by atoms with E-state index in [0.717, 1.165) is 23.1 Å². The lowest BCUT2D eigenvalue weighted by molar-refractivity contribution is -0.0120. The maximum Gasteiger partial charge on any atom is 0.269 e. The number of benzene rings is 1. The van der Waals surface area contributed by atoms with Gasteiger partial charge in [0, 0.05) is 11.6 Å². The maximum atomic E-state index is 12.8. The molecular weight excluding hydrogens is 310 g/mol. The van der Waals surface area contributed by atoms with Gasteiger partial charge >= 0.3 is 0 Å². The molecule has 1 aromatic carbocycles. The molecule has 6 rings (SSSR count). The van der Waals surface area contributed by atoms with Crippen LogP contribution in [0.1, 0.15) is 48.2 Å². The molecule has 0 aliphatic heterocycles. The number of hydrogen-bond acceptors (Lipinski definition) is 2. The highest BCUT2D eigenvalue weighted by Crippen LogP contribution is 2.53. The second kappa shape index (κ2) is 5.72. The lowest BCUT2D eigenvalue weighted by Crippen LogP contribution is -2.55. The van der Waals surface area contributed by atoms with Gasteiger partial charge in [0.25, 0.3) is 5.91 Å². The minimum Gasteiger partial charge on any atom is -0.347 e. The zero-order valence-corrected chi connectivity index (χ0v) is 14.7. The standard InChI is InChI=1S/C21H25N3O/c1-12-2-4-15(5-3-12)18-11-19(24-23-18)21(25)22-20-16-7-13-6-14(9-16)10-17(20)8-13/h2-5,11,13-14,16-17,20H,6-10H2,1H3,(H,22,25)(H,23,24). The molecule has 4 aliphatic rings. The van der Waals surface area contributed by atoms with Crippen molar-refractivity contribution in [2.45, 2.75) is 45.1 Å². The molecule has 0 atom stereocenters. The van der Waals surface area contributed by atoms with Crippen LogP contribution in [0.3, 0.4) is 0 Å². The molecule has 0 radical (unpaired) electrons. The van der Waals surface area contributed by atoms with Crippen LogP contribution in [0.25, 0.3) is 11.3 Å². The van der Waals surface area contributed by atoms with Crippen LogP contribution in [0.15, 0.2) is 30.3 Å². The van der Waals surface area contributed by atoms with Gasteiger partial charge in [0.1, 0.15) is 5.69 Å². The van der Waals surface area contributed by atoms with Crippen molar-refractivity contribution >= 4 is 5.91 Å². The van der Waals surface area contributed by atoms with E-state index in [1.165, 1.54) is 37.7 Å². The molecule has 2 aromatic rings. The Morgan fingerprint density at radius 2 is 1.68 bits per heavy atom. The van der Waals surface area contributed by atoms with Crippen molar-refractivity contribution in [3.8, 4) is 11.3 Å². The van der Waals surface area contributed by atoms with Crippen LogP contribution in [-0.4, -0.2) is 22.1 Å². The number of aromatic amines is 1. The van der Waals surface area contributed by atoms with Gasteiger partial charge in [0.2, 0.25) is 0 Å². The SMILES string of the molecule is Cc1ccc(-c2cc(C(=O)NC3C4CC5CC(C4)CC3C5)[nH]n2)cc1. The Morgan fingerprint density at radius 3 is 2.32 bits per heavy atom. The van der Waals surface area contributed by atoms with Gasteiger partial charge in [-0.05, 0) is 68.8 Å². The molecule has 4 bridgehead atoms. The van der Waals surface area contributed by atoms with Gasteiger partial charge in [0.05, 0.1) is 5.69 Å². The topological polar surface area (TPSA) is 57.8 Å². The first kappa shape index (κ1) is 15.2. The molecule has 1 amide bonds. The third-order valence-electron chi connectivity index (χ3n) is 6.69. The summed E-state index contributed by atoms with van der Waals surface area (Å²) in [6, 6.07) is 10.5. The number of rotatable bonds is 3. The maximum absolute atomic E-state index is 12.8. The van der Waals surface area contributed by atoms with Gasteiger partial charge in [-0.1, -0.05) is 29.8 Å². The third kappa shape index (κ3) is 2.68. The summed E-state index contributed by atoms with van der Waals surface area (Å²) in [6.45, 7) is 2.07. The van der Waals surface area contributed by atoms with Gasteiger partial charge in [-0.3, -0.25) is 9.89 Å². The van der Waals surface area contributed by atoms with E-state index in [0.29, 0.717) is 23.6 Å². The molecule has 1 aromatic heterocycles. The van der Waals surface area contributed by atoms with E-state index < -0.39 is 0 Å². The molecule has 1 heterocycles. The Kier molecular flexibility index (Phi) is 3.47. The lowest BCUT2D eigenvalue weighted by atomic mass is 9.54. The van der Waals surface area contributed by atoms with E-state index >= 15 is 0 Å². The Balaban J connectivity index is 1.31. The van der Waals surface area contributed by atoms with Crippen molar-refractivity contribution in [1.29, 1.82) is 0 Å². The number of aryl methyl sites for hydroxylation is 1. The number of aromatic nitrogens is 2. The fourth-order valence-electron chi connectivity index (χ4n) is 5.70. The minimum absolute atomic E-state index is 0.00309. The average molecular weight is 335 g/mol. The van der Waals surface area contributed by atoms with Gasteiger partial charge in [-0.15, -0.1) is 0 Å². The smallest absolute Gasteiger partial charge is 0.269 e. The van der Waals surface area contributed by atoms with Crippen molar-refractivity contribution in [2.24, 2.45) is 23.7 Å². The number of amides is 1. The number of H-pyrrole nitrogens is 1. The van der Waals surface area contributed by atoms with E-state index in [-0.39, 0.29) is 5.91 Å². The summed E-state index contributed by atoms with van der Waals surface area (Å²) in [5.41, 5.74) is 3.66. The predicted octanol–water partition coefficient (Wildman–Crippen LogP) is 3.94. The van der Waals surface area contributed by atoms with E-state index in [9.17, 15) is 4.79 Å². The monoisotopic (exact) mass is 335 g/mol. The van der Waals surface area contributed by atoms with Crippen molar-refractivity contribution < 1.29 is 4.79 Å². The number of hydrogen-bond donors (Lipinski definition) is 2. The zero-order valence-electron chi connectivity index (χ0n) is 14.7. The van der Waals surface area contributed by atoms with Crippen molar-refractivity contribution in [2.75, 3.05) is 0 Å². The molecule has 25 heavy (non-hydrogen) atoms. The van der Waals surface area contributed by atoms with E-state index in [2.05, 4.69) is 34.6 Å². The van der Waals surface area contributed by atoms with Crippen molar-refractivity contribution in [3.63, 3.8) is 0 Å². The molecule has 4 nitrogen and oxygen atoms in total. The Morgan fingerprint density at radius 1 is 1.04 bits per heavy atom. The van der Waals surface area contributed by atoms with Crippen LogP contribution >= 0.6 is 0 Å². The number of nitrogens with one attached hydrogen (secondary N) is 2. The molecule has 4 saturated carbocycles. The van der Waals surface area contributed by atoms with Crippen molar-refractivity contribution in [1.82, 2.24) is 15.5 Å². The van der Waals surface area contributed by atoms with Gasteiger partial charge in [-0.25, -0.2) is 0 Å². The summed E-state index contributed by atoms with van der Waals surface area (Å²) in [5.74, 6) is 3.25. The minimum atomic E-state index is 0.00309. The highest BCUT2D eigenvalue weighted by Gasteiger charge is 2.48. The number of carbonyl (C=O) groups excluding carboxylic acids is 1. The quantitative estimate of drug-likeness (QED) is 0.892. The fourth-order valence-corrected chi connectivity index (χ4v) is 5.70. The first-order valence-electron chi connectivity index (χ1n) is 9.59. The molecule has 4 aliphatic carbocycles. The Labute approximate surface area is 148 Å². The highest BCUT2D eigenvalue weighted by molar-refractivity contribution is 5.93. The van der Waals surface area contributed by atoms with E-state index in [1.807, 2.05) is 18.2 Å². The largest absolute Gasteiger partial charge is 0.347 e. The molecule has 130 valence electrons. The summed E-state index contributed by atoms with van der Waals surface area (Å²) >= 11 is 0. The summed E-state index contributed by atoms with van der Waals surface area (Å²) in [5, 5.41) is 10.6. The van der Waals surface area contributed by atoms with Crippen molar-refractivity contribution in [3.05, 3.63) is 41.6 Å². The summed E-state index contributed by atoms with van der Waals surface area (Å²) in [7, 11) is 0. The summed E-state index contributed by atoms with van der Waals surface area (Å²) < 4.78 is 0. The second-order valence-electron chi connectivity index (χ2n) is 8.46. The molecule has 0 unspecified atom stereocenters.